The summed E-state index contributed by atoms with van der Waals surface area (Å²) in [6, 6.07) is 11.4. The molecule has 0 saturated carbocycles. The van der Waals surface area contributed by atoms with Crippen molar-refractivity contribution in [1.29, 1.82) is 0 Å². The molecule has 3 aromatic rings. The Bertz CT molecular complexity index is 1280. The molecule has 1 aliphatic heterocycles. The Kier molecular flexibility index (Phi) is 5.40. The van der Waals surface area contributed by atoms with Gasteiger partial charge in [0.25, 0.3) is 0 Å². The fraction of sp³-hybridized carbons (Fsp3) is 0.238. The zero-order valence-corrected chi connectivity index (χ0v) is 17.7. The standard InChI is InChI=1S/C21H19ClN2O5S/c1-13-11-20(25)29-19-12-15(6-9-17(13)19)23-21(26)18-3-2-10-24(18)30(27,28)16-7-4-14(22)5-8-16/h4-9,11-12,18H,2-3,10H2,1H3,(H,23,26)/t18-/m0/s1. The van der Waals surface area contributed by atoms with Gasteiger partial charge >= 0.3 is 5.63 Å². The van der Waals surface area contributed by atoms with Crippen LogP contribution < -0.4 is 10.9 Å². The Hall–Kier alpha value is -2.68. The first-order chi connectivity index (χ1) is 14.3. The molecule has 1 amide bonds. The van der Waals surface area contributed by atoms with Crippen LogP contribution >= 0.6 is 11.6 Å². The number of hydrogen-bond acceptors (Lipinski definition) is 5. The molecule has 2 aromatic carbocycles. The number of anilines is 1. The Balaban J connectivity index is 1.59. The summed E-state index contributed by atoms with van der Waals surface area (Å²) in [6.45, 7) is 2.06. The van der Waals surface area contributed by atoms with E-state index < -0.39 is 27.6 Å². The van der Waals surface area contributed by atoms with E-state index in [2.05, 4.69) is 5.32 Å². The zero-order valence-electron chi connectivity index (χ0n) is 16.1. The molecule has 156 valence electrons. The first kappa shape index (κ1) is 20.6. The third-order valence-electron chi connectivity index (χ3n) is 5.15. The summed E-state index contributed by atoms with van der Waals surface area (Å²) in [7, 11) is -3.83. The van der Waals surface area contributed by atoms with Gasteiger partial charge in [-0.2, -0.15) is 4.31 Å². The van der Waals surface area contributed by atoms with Crippen LogP contribution in [0.5, 0.6) is 0 Å². The Morgan fingerprint density at radius 3 is 2.63 bits per heavy atom. The van der Waals surface area contributed by atoms with Crippen molar-refractivity contribution in [3.63, 3.8) is 0 Å². The number of nitrogens with one attached hydrogen (secondary N) is 1. The van der Waals surface area contributed by atoms with Crippen LogP contribution in [-0.4, -0.2) is 31.2 Å². The molecule has 1 N–H and O–H groups in total. The van der Waals surface area contributed by atoms with E-state index in [1.54, 1.807) is 25.1 Å². The highest BCUT2D eigenvalue weighted by molar-refractivity contribution is 7.89. The minimum Gasteiger partial charge on any atom is -0.423 e. The number of carbonyl (C=O) groups excluding carboxylic acids is 1. The minimum absolute atomic E-state index is 0.0922. The van der Waals surface area contributed by atoms with Crippen LogP contribution in [-0.2, 0) is 14.8 Å². The van der Waals surface area contributed by atoms with E-state index >= 15 is 0 Å². The van der Waals surface area contributed by atoms with E-state index in [4.69, 9.17) is 16.0 Å². The van der Waals surface area contributed by atoms with Gasteiger partial charge in [0.2, 0.25) is 15.9 Å². The SMILES string of the molecule is Cc1cc(=O)oc2cc(NC(=O)[C@@H]3CCCN3S(=O)(=O)c3ccc(Cl)cc3)ccc12. The van der Waals surface area contributed by atoms with E-state index in [0.717, 1.165) is 10.9 Å². The molecule has 2 heterocycles. The van der Waals surface area contributed by atoms with E-state index in [1.807, 2.05) is 0 Å². The smallest absolute Gasteiger partial charge is 0.336 e. The number of hydrogen-bond donors (Lipinski definition) is 1. The van der Waals surface area contributed by atoms with Gasteiger partial charge in [0, 0.05) is 34.8 Å². The molecule has 0 spiro atoms. The number of amides is 1. The van der Waals surface area contributed by atoms with E-state index in [9.17, 15) is 18.0 Å². The van der Waals surface area contributed by atoms with Gasteiger partial charge in [-0.1, -0.05) is 11.6 Å². The summed E-state index contributed by atoms with van der Waals surface area (Å²) in [5.41, 5.74) is 1.08. The third-order valence-corrected chi connectivity index (χ3v) is 7.32. The van der Waals surface area contributed by atoms with Gasteiger partial charge in [0.1, 0.15) is 11.6 Å². The molecule has 1 fully saturated rings. The molecule has 30 heavy (non-hydrogen) atoms. The maximum Gasteiger partial charge on any atom is 0.336 e. The molecular formula is C21H19ClN2O5S. The van der Waals surface area contributed by atoms with Crippen molar-refractivity contribution in [3.05, 3.63) is 69.5 Å². The summed E-state index contributed by atoms with van der Waals surface area (Å²) >= 11 is 5.85. The summed E-state index contributed by atoms with van der Waals surface area (Å²) in [4.78, 5) is 24.6. The molecule has 4 rings (SSSR count). The molecule has 1 aliphatic rings. The van der Waals surface area contributed by atoms with Gasteiger partial charge in [-0.05, 0) is 61.7 Å². The predicted octanol–water partition coefficient (Wildman–Crippen LogP) is 3.55. The van der Waals surface area contributed by atoms with Crippen molar-refractivity contribution in [2.45, 2.75) is 30.7 Å². The van der Waals surface area contributed by atoms with Crippen LogP contribution in [0.2, 0.25) is 5.02 Å². The molecule has 1 aromatic heterocycles. The number of fused-ring (bicyclic) bond motifs is 1. The van der Waals surface area contributed by atoms with Gasteiger partial charge in [0.05, 0.1) is 4.90 Å². The van der Waals surface area contributed by atoms with Crippen molar-refractivity contribution >= 4 is 44.2 Å². The van der Waals surface area contributed by atoms with Crippen LogP contribution in [0.3, 0.4) is 0 Å². The fourth-order valence-corrected chi connectivity index (χ4v) is 5.44. The number of aryl methyl sites for hydroxylation is 1. The number of sulfonamides is 1. The molecular weight excluding hydrogens is 428 g/mol. The highest BCUT2D eigenvalue weighted by Crippen LogP contribution is 2.28. The summed E-state index contributed by atoms with van der Waals surface area (Å²) in [5, 5.41) is 3.95. The maximum absolute atomic E-state index is 13.0. The lowest BCUT2D eigenvalue weighted by atomic mass is 10.1. The third kappa shape index (κ3) is 3.86. The van der Waals surface area contributed by atoms with Crippen LogP contribution in [0.25, 0.3) is 11.0 Å². The Labute approximate surface area is 178 Å². The summed E-state index contributed by atoms with van der Waals surface area (Å²) in [5.74, 6) is -0.431. The van der Waals surface area contributed by atoms with E-state index in [-0.39, 0.29) is 11.4 Å². The topological polar surface area (TPSA) is 96.7 Å². The molecule has 0 unspecified atom stereocenters. The average molecular weight is 447 g/mol. The number of carbonyl (C=O) groups is 1. The lowest BCUT2D eigenvalue weighted by Gasteiger charge is -2.23. The van der Waals surface area contributed by atoms with E-state index in [0.29, 0.717) is 29.1 Å². The molecule has 0 radical (unpaired) electrons. The molecule has 7 nitrogen and oxygen atoms in total. The number of halogens is 1. The Morgan fingerprint density at radius 1 is 1.17 bits per heavy atom. The zero-order chi connectivity index (χ0) is 21.5. The number of nitrogens with zero attached hydrogens (tertiary/aromatic N) is 1. The second-order valence-corrected chi connectivity index (χ2v) is 9.50. The van der Waals surface area contributed by atoms with Crippen molar-refractivity contribution in [1.82, 2.24) is 4.31 Å². The predicted molar refractivity (Wildman–Crippen MR) is 114 cm³/mol. The van der Waals surface area contributed by atoms with Crippen molar-refractivity contribution in [2.75, 3.05) is 11.9 Å². The van der Waals surface area contributed by atoms with Crippen molar-refractivity contribution < 1.29 is 17.6 Å². The molecule has 9 heteroatoms. The monoisotopic (exact) mass is 446 g/mol. The quantitative estimate of drug-likeness (QED) is 0.618. The van der Waals surface area contributed by atoms with E-state index in [1.165, 1.54) is 34.6 Å². The summed E-state index contributed by atoms with van der Waals surface area (Å²) in [6.07, 6.45) is 0.997. The lowest BCUT2D eigenvalue weighted by molar-refractivity contribution is -0.119. The Morgan fingerprint density at radius 2 is 1.90 bits per heavy atom. The lowest BCUT2D eigenvalue weighted by Crippen LogP contribution is -2.43. The second kappa shape index (κ2) is 7.86. The number of rotatable bonds is 4. The normalized spacial score (nSPS) is 17.3. The van der Waals surface area contributed by atoms with Crippen molar-refractivity contribution in [3.8, 4) is 0 Å². The maximum atomic E-state index is 13.0. The van der Waals surface area contributed by atoms with Crippen LogP contribution in [0.15, 0.2) is 62.6 Å². The first-order valence-corrected chi connectivity index (χ1v) is 11.2. The van der Waals surface area contributed by atoms with Crippen LogP contribution in [0.1, 0.15) is 18.4 Å². The van der Waals surface area contributed by atoms with Gasteiger partial charge in [0.15, 0.2) is 0 Å². The minimum atomic E-state index is -3.83. The highest BCUT2D eigenvalue weighted by atomic mass is 35.5. The highest BCUT2D eigenvalue weighted by Gasteiger charge is 2.39. The van der Waals surface area contributed by atoms with Crippen LogP contribution in [0.4, 0.5) is 5.69 Å². The molecule has 1 saturated heterocycles. The van der Waals surface area contributed by atoms with Crippen molar-refractivity contribution in [2.24, 2.45) is 0 Å². The largest absolute Gasteiger partial charge is 0.423 e. The van der Waals surface area contributed by atoms with Gasteiger partial charge in [-0.15, -0.1) is 0 Å². The van der Waals surface area contributed by atoms with Gasteiger partial charge in [-0.25, -0.2) is 13.2 Å². The van der Waals surface area contributed by atoms with Gasteiger partial charge < -0.3 is 9.73 Å². The fourth-order valence-electron chi connectivity index (χ4n) is 3.66. The molecule has 0 bridgehead atoms. The molecule has 1 atom stereocenters. The first-order valence-electron chi connectivity index (χ1n) is 9.38. The number of benzene rings is 2. The summed E-state index contributed by atoms with van der Waals surface area (Å²) < 4.78 is 32.5. The van der Waals surface area contributed by atoms with Crippen LogP contribution in [0, 0.1) is 6.92 Å². The second-order valence-electron chi connectivity index (χ2n) is 7.18. The average Bonchev–Trinajstić information content (AvgIpc) is 3.19. The molecule has 0 aliphatic carbocycles. The van der Waals surface area contributed by atoms with Gasteiger partial charge in [-0.3, -0.25) is 4.79 Å².